The monoisotopic (exact) mass is 569 g/mol. The van der Waals surface area contributed by atoms with Crippen LogP contribution >= 0.6 is 0 Å². The van der Waals surface area contributed by atoms with Gasteiger partial charge in [0, 0.05) is 48.6 Å². The molecule has 0 fully saturated rings. The minimum atomic E-state index is -0.846. The Morgan fingerprint density at radius 1 is 1.20 bits per heavy atom. The summed E-state index contributed by atoms with van der Waals surface area (Å²) in [6, 6.07) is 1.37. The van der Waals surface area contributed by atoms with Crippen molar-refractivity contribution in [1.29, 1.82) is 0 Å². The fourth-order valence-electron chi connectivity index (χ4n) is 5.31. The summed E-state index contributed by atoms with van der Waals surface area (Å²) in [6.07, 6.45) is 8.86. The summed E-state index contributed by atoms with van der Waals surface area (Å²) in [4.78, 5) is 24.9. The lowest BCUT2D eigenvalue weighted by atomic mass is 9.86. The molecule has 8 nitrogen and oxygen atoms in total. The van der Waals surface area contributed by atoms with Gasteiger partial charge in [-0.15, -0.1) is 6.58 Å². The van der Waals surface area contributed by atoms with Crippen molar-refractivity contribution in [2.45, 2.75) is 85.5 Å². The minimum Gasteiger partial charge on any atom is -0.508 e. The lowest BCUT2D eigenvalue weighted by Gasteiger charge is -2.29. The van der Waals surface area contributed by atoms with Crippen LogP contribution in [0, 0.1) is 17.8 Å². The van der Waals surface area contributed by atoms with E-state index in [-0.39, 0.29) is 34.9 Å². The Balaban J connectivity index is 2.64. The number of nitrogens with one attached hydrogen (secondary N) is 1. The van der Waals surface area contributed by atoms with Crippen LogP contribution in [-0.4, -0.2) is 52.6 Å². The maximum Gasteiger partial charge on any atom is 0.303 e. The second-order valence-corrected chi connectivity index (χ2v) is 11.2. The SMILES string of the molecule is C=CCCc1c(O)cc2c(O)c1C[C@@H](C)C[C@@H](OC)[C@H](O)[C@@H](C)/C=C(\C)[C@H](OC(C)=O)[C@@H](C)/C=C\C=C(/C)C(=O)N2. The Bertz CT molecular complexity index is 1180. The number of ether oxygens (including phenoxy) is 2. The van der Waals surface area contributed by atoms with Crippen LogP contribution in [0.15, 0.2) is 54.2 Å². The van der Waals surface area contributed by atoms with Crippen molar-refractivity contribution in [1.82, 2.24) is 0 Å². The molecule has 8 heteroatoms. The van der Waals surface area contributed by atoms with E-state index in [1.807, 2.05) is 39.8 Å². The third-order valence-corrected chi connectivity index (χ3v) is 7.62. The Morgan fingerprint density at radius 3 is 2.49 bits per heavy atom. The Labute approximate surface area is 244 Å². The number of fused-ring (bicyclic) bond motifs is 2. The van der Waals surface area contributed by atoms with Gasteiger partial charge in [-0.3, -0.25) is 9.59 Å². The number of benzene rings is 1. The number of hydrogen-bond donors (Lipinski definition) is 4. The maximum atomic E-state index is 13.0. The lowest BCUT2D eigenvalue weighted by Crippen LogP contribution is -2.35. The maximum absolute atomic E-state index is 13.0. The Kier molecular flexibility index (Phi) is 12.9. The number of allylic oxidation sites excluding steroid dienone is 3. The first-order valence-corrected chi connectivity index (χ1v) is 14.2. The zero-order chi connectivity index (χ0) is 30.9. The second kappa shape index (κ2) is 15.6. The molecule has 0 unspecified atom stereocenters. The highest BCUT2D eigenvalue weighted by Gasteiger charge is 2.29. The molecule has 4 N–H and O–H groups in total. The van der Waals surface area contributed by atoms with Gasteiger partial charge < -0.3 is 30.1 Å². The van der Waals surface area contributed by atoms with Gasteiger partial charge in [0.2, 0.25) is 0 Å². The number of anilines is 1. The van der Waals surface area contributed by atoms with Gasteiger partial charge in [0.15, 0.2) is 0 Å². The zero-order valence-electron chi connectivity index (χ0n) is 25.4. The molecule has 41 heavy (non-hydrogen) atoms. The lowest BCUT2D eigenvalue weighted by molar-refractivity contribution is -0.146. The molecule has 1 aromatic rings. The third-order valence-electron chi connectivity index (χ3n) is 7.62. The number of methoxy groups -OCH3 is 1. The zero-order valence-corrected chi connectivity index (χ0v) is 25.4. The van der Waals surface area contributed by atoms with Crippen LogP contribution in [-0.2, 0) is 31.9 Å². The van der Waals surface area contributed by atoms with Gasteiger partial charge >= 0.3 is 5.97 Å². The van der Waals surface area contributed by atoms with Crippen molar-refractivity contribution in [2.24, 2.45) is 17.8 Å². The molecule has 0 spiro atoms. The van der Waals surface area contributed by atoms with Crippen molar-refractivity contribution >= 4 is 17.6 Å². The molecule has 1 aliphatic heterocycles. The van der Waals surface area contributed by atoms with Gasteiger partial charge in [0.25, 0.3) is 5.91 Å². The largest absolute Gasteiger partial charge is 0.508 e. The number of aliphatic hydroxyl groups excluding tert-OH is 1. The van der Waals surface area contributed by atoms with E-state index in [4.69, 9.17) is 9.47 Å². The van der Waals surface area contributed by atoms with Gasteiger partial charge in [-0.25, -0.2) is 0 Å². The minimum absolute atomic E-state index is 0.0162. The van der Waals surface area contributed by atoms with Crippen molar-refractivity contribution in [2.75, 3.05) is 12.4 Å². The highest BCUT2D eigenvalue weighted by Crippen LogP contribution is 2.40. The van der Waals surface area contributed by atoms with E-state index < -0.39 is 30.2 Å². The topological polar surface area (TPSA) is 125 Å². The average molecular weight is 570 g/mol. The van der Waals surface area contributed by atoms with Crippen molar-refractivity contribution < 1.29 is 34.4 Å². The van der Waals surface area contributed by atoms with E-state index in [1.54, 1.807) is 32.3 Å². The van der Waals surface area contributed by atoms with Crippen LogP contribution in [0.3, 0.4) is 0 Å². The number of phenols is 2. The average Bonchev–Trinajstić information content (AvgIpc) is 2.91. The summed E-state index contributed by atoms with van der Waals surface area (Å²) >= 11 is 0. The molecule has 1 aromatic carbocycles. The fourth-order valence-corrected chi connectivity index (χ4v) is 5.31. The molecule has 226 valence electrons. The Morgan fingerprint density at radius 2 is 1.88 bits per heavy atom. The summed E-state index contributed by atoms with van der Waals surface area (Å²) in [5.74, 6) is -1.55. The predicted octanol–water partition coefficient (Wildman–Crippen LogP) is 5.77. The molecule has 2 rings (SSSR count). The van der Waals surface area contributed by atoms with Crippen molar-refractivity contribution in [3.05, 3.63) is 65.3 Å². The number of rotatable bonds is 5. The molecule has 2 bridgehead atoms. The summed E-state index contributed by atoms with van der Waals surface area (Å²) in [7, 11) is 1.55. The van der Waals surface area contributed by atoms with E-state index in [1.165, 1.54) is 13.0 Å². The predicted molar refractivity (Wildman–Crippen MR) is 162 cm³/mol. The smallest absolute Gasteiger partial charge is 0.303 e. The first-order chi connectivity index (χ1) is 19.3. The molecule has 0 aliphatic carbocycles. The van der Waals surface area contributed by atoms with Crippen molar-refractivity contribution in [3.63, 3.8) is 0 Å². The first-order valence-electron chi connectivity index (χ1n) is 14.2. The highest BCUT2D eigenvalue weighted by molar-refractivity contribution is 6.04. The van der Waals surface area contributed by atoms with Crippen LogP contribution in [0.1, 0.15) is 65.5 Å². The van der Waals surface area contributed by atoms with Gasteiger partial charge in [0.1, 0.15) is 17.6 Å². The summed E-state index contributed by atoms with van der Waals surface area (Å²) in [5.41, 5.74) is 2.44. The number of aromatic hydroxyl groups is 2. The number of amides is 1. The molecule has 1 aliphatic rings. The molecule has 0 saturated carbocycles. The summed E-state index contributed by atoms with van der Waals surface area (Å²) in [5, 5.41) is 36.2. The number of phenolic OH excluding ortho intramolecular Hbond substituents is 2. The first kappa shape index (κ1) is 33.8. The fraction of sp³-hybridized carbons (Fsp3) is 0.515. The molecule has 0 radical (unpaired) electrons. The summed E-state index contributed by atoms with van der Waals surface area (Å²) in [6.45, 7) is 14.4. The van der Waals surface area contributed by atoms with Crippen LogP contribution < -0.4 is 5.32 Å². The normalized spacial score (nSPS) is 29.8. The Hall–Kier alpha value is -3.36. The van der Waals surface area contributed by atoms with Gasteiger partial charge in [-0.05, 0) is 51.0 Å². The van der Waals surface area contributed by atoms with Crippen LogP contribution in [0.5, 0.6) is 11.5 Å². The molecule has 0 saturated heterocycles. The molecular formula is C33H47NO7. The van der Waals surface area contributed by atoms with Gasteiger partial charge in [-0.2, -0.15) is 0 Å². The standard InChI is InChI=1S/C33H47NO7/c1-9-10-14-25-26-15-19(2)16-29(40-8)30(37)22(5)17-23(6)32(41-24(7)35)20(3)12-11-13-21(4)33(39)34-27(31(26)38)18-28(25)36/h9,11-13,17-20,22,29-30,32,36-38H,1,10,14-16H2,2-8H3,(H,34,39)/b12-11-,21-13+,23-17+/t19-,20+,22+,29-,30-,32-/m1/s1. The van der Waals surface area contributed by atoms with Crippen molar-refractivity contribution in [3.8, 4) is 11.5 Å². The second-order valence-electron chi connectivity index (χ2n) is 11.2. The van der Waals surface area contributed by atoms with Crippen LogP contribution in [0.4, 0.5) is 5.69 Å². The van der Waals surface area contributed by atoms with Gasteiger partial charge in [-0.1, -0.05) is 51.2 Å². The highest BCUT2D eigenvalue weighted by atomic mass is 16.5. The third kappa shape index (κ3) is 9.33. The van der Waals surface area contributed by atoms with E-state index in [2.05, 4.69) is 11.9 Å². The number of carbonyl (C=O) groups is 2. The van der Waals surface area contributed by atoms with E-state index in [0.29, 0.717) is 42.4 Å². The van der Waals surface area contributed by atoms with E-state index in [0.717, 1.165) is 5.57 Å². The number of aliphatic hydroxyl groups is 1. The number of esters is 1. The molecule has 1 amide bonds. The summed E-state index contributed by atoms with van der Waals surface area (Å²) < 4.78 is 11.4. The van der Waals surface area contributed by atoms with Gasteiger partial charge in [0.05, 0.1) is 17.9 Å². The molecule has 0 aromatic heterocycles. The number of hydrogen-bond acceptors (Lipinski definition) is 7. The number of carbonyl (C=O) groups excluding carboxylic acids is 2. The van der Waals surface area contributed by atoms with Crippen LogP contribution in [0.2, 0.25) is 0 Å². The van der Waals surface area contributed by atoms with Crippen LogP contribution in [0.25, 0.3) is 0 Å². The molecular weight excluding hydrogens is 522 g/mol. The molecule has 6 atom stereocenters. The molecule has 1 heterocycles. The quantitative estimate of drug-likeness (QED) is 0.154. The van der Waals surface area contributed by atoms with E-state index in [9.17, 15) is 24.9 Å². The van der Waals surface area contributed by atoms with E-state index >= 15 is 0 Å².